The molecular formula is C13H24N2O3. The van der Waals surface area contributed by atoms with Crippen LogP contribution < -0.4 is 5.73 Å². The summed E-state index contributed by atoms with van der Waals surface area (Å²) in [6.07, 6.45) is 4.64. The topological polar surface area (TPSA) is 64.8 Å². The summed E-state index contributed by atoms with van der Waals surface area (Å²) in [5.74, 6) is 0.140. The largest absolute Gasteiger partial charge is 0.377 e. The Hall–Kier alpha value is -0.650. The first-order valence-corrected chi connectivity index (χ1v) is 6.70. The van der Waals surface area contributed by atoms with Gasteiger partial charge in [-0.3, -0.25) is 4.79 Å². The molecule has 1 amide bonds. The van der Waals surface area contributed by atoms with Crippen LogP contribution >= 0.6 is 0 Å². The maximum atomic E-state index is 12.3. The fraction of sp³-hybridized carbons (Fsp3) is 0.923. The number of nitrogens with zero attached hydrogens (tertiary/aromatic N) is 1. The second-order valence-electron chi connectivity index (χ2n) is 5.59. The number of methoxy groups -OCH3 is 2. The van der Waals surface area contributed by atoms with E-state index in [0.29, 0.717) is 19.5 Å². The highest BCUT2D eigenvalue weighted by Gasteiger charge is 2.39. The molecule has 1 saturated heterocycles. The van der Waals surface area contributed by atoms with E-state index in [0.717, 1.165) is 25.7 Å². The average Bonchev–Trinajstić information content (AvgIpc) is 2.94. The smallest absolute Gasteiger partial charge is 0.224 e. The number of likely N-dealkylation sites (tertiary alicyclic amines) is 1. The first-order valence-electron chi connectivity index (χ1n) is 6.70. The summed E-state index contributed by atoms with van der Waals surface area (Å²) >= 11 is 0. The lowest BCUT2D eigenvalue weighted by molar-refractivity contribution is -0.132. The van der Waals surface area contributed by atoms with Gasteiger partial charge in [-0.05, 0) is 12.8 Å². The zero-order valence-electron chi connectivity index (χ0n) is 11.4. The summed E-state index contributed by atoms with van der Waals surface area (Å²) in [4.78, 5) is 14.1. The number of carbonyl (C=O) groups is 1. The third kappa shape index (κ3) is 2.84. The van der Waals surface area contributed by atoms with E-state index in [1.807, 2.05) is 4.90 Å². The molecule has 104 valence electrons. The van der Waals surface area contributed by atoms with Crippen LogP contribution in [-0.4, -0.2) is 55.9 Å². The maximum Gasteiger partial charge on any atom is 0.224 e. The normalized spacial score (nSPS) is 30.9. The van der Waals surface area contributed by atoms with Gasteiger partial charge in [0.25, 0.3) is 0 Å². The molecular weight excluding hydrogens is 232 g/mol. The Balaban J connectivity index is 1.90. The molecule has 1 aliphatic carbocycles. The third-order valence-corrected chi connectivity index (χ3v) is 4.28. The van der Waals surface area contributed by atoms with Crippen LogP contribution in [0, 0.1) is 0 Å². The van der Waals surface area contributed by atoms with E-state index in [-0.39, 0.29) is 23.7 Å². The summed E-state index contributed by atoms with van der Waals surface area (Å²) in [5, 5.41) is 0. The molecule has 2 unspecified atom stereocenters. The SMILES string of the molecule is COC1CN(C(=O)CC2(N)CCCC2)CC1OC. The van der Waals surface area contributed by atoms with Crippen molar-refractivity contribution in [2.24, 2.45) is 5.73 Å². The molecule has 0 aromatic rings. The van der Waals surface area contributed by atoms with Crippen LogP contribution in [0.4, 0.5) is 0 Å². The van der Waals surface area contributed by atoms with Crippen LogP contribution in [0.1, 0.15) is 32.1 Å². The van der Waals surface area contributed by atoms with Crippen molar-refractivity contribution in [3.8, 4) is 0 Å². The Labute approximate surface area is 109 Å². The zero-order valence-corrected chi connectivity index (χ0v) is 11.4. The first-order chi connectivity index (χ1) is 8.58. The van der Waals surface area contributed by atoms with Crippen LogP contribution in [0.25, 0.3) is 0 Å². The van der Waals surface area contributed by atoms with Crippen molar-refractivity contribution < 1.29 is 14.3 Å². The van der Waals surface area contributed by atoms with Gasteiger partial charge in [-0.25, -0.2) is 0 Å². The molecule has 1 aliphatic heterocycles. The number of carbonyl (C=O) groups excluding carboxylic acids is 1. The molecule has 1 saturated carbocycles. The summed E-state index contributed by atoms with van der Waals surface area (Å²) in [6.45, 7) is 1.23. The fourth-order valence-corrected chi connectivity index (χ4v) is 3.07. The molecule has 0 aromatic carbocycles. The van der Waals surface area contributed by atoms with Crippen molar-refractivity contribution in [1.29, 1.82) is 0 Å². The predicted octanol–water partition coefficient (Wildman–Crippen LogP) is 0.520. The van der Waals surface area contributed by atoms with Crippen LogP contribution in [0.15, 0.2) is 0 Å². The molecule has 2 atom stereocenters. The standard InChI is InChI=1S/C13H24N2O3/c1-17-10-8-15(9-11(10)18-2)12(16)7-13(14)5-3-4-6-13/h10-11H,3-9,14H2,1-2H3. The minimum absolute atomic E-state index is 0.0174. The van der Waals surface area contributed by atoms with E-state index in [1.165, 1.54) is 0 Å². The summed E-state index contributed by atoms with van der Waals surface area (Å²) < 4.78 is 10.7. The van der Waals surface area contributed by atoms with Crippen molar-refractivity contribution in [1.82, 2.24) is 4.90 Å². The van der Waals surface area contributed by atoms with Gasteiger partial charge in [-0.2, -0.15) is 0 Å². The van der Waals surface area contributed by atoms with Crippen LogP contribution in [0.5, 0.6) is 0 Å². The van der Waals surface area contributed by atoms with E-state index >= 15 is 0 Å². The van der Waals surface area contributed by atoms with Gasteiger partial charge in [-0.15, -0.1) is 0 Å². The second-order valence-corrected chi connectivity index (χ2v) is 5.59. The van der Waals surface area contributed by atoms with Crippen LogP contribution in [0.2, 0.25) is 0 Å². The molecule has 0 aromatic heterocycles. The molecule has 2 rings (SSSR count). The van der Waals surface area contributed by atoms with E-state index in [9.17, 15) is 4.79 Å². The van der Waals surface area contributed by atoms with Gasteiger partial charge in [0.15, 0.2) is 0 Å². The quantitative estimate of drug-likeness (QED) is 0.796. The highest BCUT2D eigenvalue weighted by molar-refractivity contribution is 5.78. The highest BCUT2D eigenvalue weighted by atomic mass is 16.5. The molecule has 1 heterocycles. The van der Waals surface area contributed by atoms with Crippen LogP contribution in [0.3, 0.4) is 0 Å². The van der Waals surface area contributed by atoms with E-state index in [4.69, 9.17) is 15.2 Å². The maximum absolute atomic E-state index is 12.3. The zero-order chi connectivity index (χ0) is 13.2. The van der Waals surface area contributed by atoms with Gasteiger partial charge in [0.05, 0.1) is 0 Å². The van der Waals surface area contributed by atoms with Crippen molar-refractivity contribution in [2.45, 2.75) is 49.9 Å². The van der Waals surface area contributed by atoms with Crippen molar-refractivity contribution in [3.63, 3.8) is 0 Å². The average molecular weight is 256 g/mol. The van der Waals surface area contributed by atoms with E-state index in [2.05, 4.69) is 0 Å². The monoisotopic (exact) mass is 256 g/mol. The molecule has 5 heteroatoms. The lowest BCUT2D eigenvalue weighted by atomic mass is 9.94. The van der Waals surface area contributed by atoms with Gasteiger partial charge in [-0.1, -0.05) is 12.8 Å². The third-order valence-electron chi connectivity index (χ3n) is 4.28. The Morgan fingerprint density at radius 1 is 1.22 bits per heavy atom. The van der Waals surface area contributed by atoms with Gasteiger partial charge >= 0.3 is 0 Å². The Kier molecular flexibility index (Phi) is 4.25. The molecule has 0 spiro atoms. The fourth-order valence-electron chi connectivity index (χ4n) is 3.07. The highest BCUT2D eigenvalue weighted by Crippen LogP contribution is 2.31. The van der Waals surface area contributed by atoms with Gasteiger partial charge < -0.3 is 20.1 Å². The summed E-state index contributed by atoms with van der Waals surface area (Å²) in [6, 6.07) is 0. The van der Waals surface area contributed by atoms with Crippen molar-refractivity contribution >= 4 is 5.91 Å². The van der Waals surface area contributed by atoms with Crippen LogP contribution in [-0.2, 0) is 14.3 Å². The van der Waals surface area contributed by atoms with Gasteiger partial charge in [0.2, 0.25) is 5.91 Å². The number of ether oxygens (including phenoxy) is 2. The number of hydrogen-bond acceptors (Lipinski definition) is 4. The molecule has 0 bridgehead atoms. The number of amides is 1. The minimum Gasteiger partial charge on any atom is -0.377 e. The Bertz CT molecular complexity index is 291. The minimum atomic E-state index is -0.273. The lowest BCUT2D eigenvalue weighted by Gasteiger charge is -2.26. The van der Waals surface area contributed by atoms with Crippen molar-refractivity contribution in [3.05, 3.63) is 0 Å². The molecule has 2 aliphatic rings. The predicted molar refractivity (Wildman–Crippen MR) is 68.2 cm³/mol. The molecule has 5 nitrogen and oxygen atoms in total. The number of nitrogens with two attached hydrogens (primary N) is 1. The summed E-state index contributed by atoms with van der Waals surface area (Å²) in [7, 11) is 3.32. The summed E-state index contributed by atoms with van der Waals surface area (Å²) in [5.41, 5.74) is 5.98. The van der Waals surface area contributed by atoms with Gasteiger partial charge in [0.1, 0.15) is 12.2 Å². The van der Waals surface area contributed by atoms with Gasteiger partial charge in [0, 0.05) is 39.3 Å². The Morgan fingerprint density at radius 2 is 1.72 bits per heavy atom. The number of hydrogen-bond donors (Lipinski definition) is 1. The number of rotatable bonds is 4. The van der Waals surface area contributed by atoms with E-state index < -0.39 is 0 Å². The second kappa shape index (κ2) is 5.55. The lowest BCUT2D eigenvalue weighted by Crippen LogP contribution is -2.43. The Morgan fingerprint density at radius 3 is 2.17 bits per heavy atom. The molecule has 2 fully saturated rings. The van der Waals surface area contributed by atoms with E-state index in [1.54, 1.807) is 14.2 Å². The first kappa shape index (κ1) is 13.8. The molecule has 0 radical (unpaired) electrons. The molecule has 2 N–H and O–H groups in total. The van der Waals surface area contributed by atoms with Crippen molar-refractivity contribution in [2.75, 3.05) is 27.3 Å². The molecule has 18 heavy (non-hydrogen) atoms.